The second-order valence-electron chi connectivity index (χ2n) is 5.43. The van der Waals surface area contributed by atoms with Crippen molar-refractivity contribution in [1.82, 2.24) is 4.90 Å². The summed E-state index contributed by atoms with van der Waals surface area (Å²) in [4.78, 5) is 13.3. The van der Waals surface area contributed by atoms with Crippen LogP contribution in [0.25, 0.3) is 0 Å². The van der Waals surface area contributed by atoms with Crippen LogP contribution in [-0.2, 0) is 9.53 Å². The molecule has 0 amide bonds. The molecule has 0 radical (unpaired) electrons. The highest BCUT2D eigenvalue weighted by Gasteiger charge is 2.36. The monoisotopic (exact) mass is 215 g/mol. The fourth-order valence-corrected chi connectivity index (χ4v) is 2.00. The van der Waals surface area contributed by atoms with Crippen LogP contribution in [0.1, 0.15) is 27.2 Å². The van der Waals surface area contributed by atoms with E-state index in [0.717, 1.165) is 6.54 Å². The van der Waals surface area contributed by atoms with Gasteiger partial charge in [0.05, 0.1) is 13.0 Å². The molecule has 15 heavy (non-hydrogen) atoms. The Labute approximate surface area is 91.2 Å². The molecule has 0 aromatic carbocycles. The third-order valence-electron chi connectivity index (χ3n) is 2.58. The molecule has 88 valence electrons. The summed E-state index contributed by atoms with van der Waals surface area (Å²) in [6, 6.07) is 0. The van der Waals surface area contributed by atoms with Crippen molar-refractivity contribution in [2.24, 2.45) is 11.3 Å². The van der Waals surface area contributed by atoms with E-state index in [0.29, 0.717) is 13.0 Å². The van der Waals surface area contributed by atoms with E-state index in [1.165, 1.54) is 7.11 Å². The van der Waals surface area contributed by atoms with Gasteiger partial charge in [0.15, 0.2) is 0 Å². The summed E-state index contributed by atoms with van der Waals surface area (Å²) in [5.74, 6) is -0.391. The number of hydrogen-bond donors (Lipinski definition) is 1. The summed E-state index contributed by atoms with van der Waals surface area (Å²) in [6.45, 7) is 7.74. The topological polar surface area (TPSA) is 49.8 Å². The molecule has 1 aliphatic heterocycles. The van der Waals surface area contributed by atoms with Crippen molar-refractivity contribution in [2.45, 2.75) is 33.4 Å². The van der Waals surface area contributed by atoms with Crippen molar-refractivity contribution >= 4 is 5.97 Å². The van der Waals surface area contributed by atoms with Gasteiger partial charge in [-0.15, -0.1) is 0 Å². The van der Waals surface area contributed by atoms with Crippen LogP contribution in [0.15, 0.2) is 0 Å². The number of likely N-dealkylation sites (tertiary alicyclic amines) is 1. The summed E-state index contributed by atoms with van der Waals surface area (Å²) in [5.41, 5.74) is 0.131. The van der Waals surface area contributed by atoms with Gasteiger partial charge in [-0.3, -0.25) is 9.69 Å². The van der Waals surface area contributed by atoms with E-state index >= 15 is 0 Å². The zero-order valence-electron chi connectivity index (χ0n) is 9.99. The standard InChI is InChI=1S/C11H21NO3/c1-11(2,3)7-12-6-8(5-9(12)13)10(14)15-4/h8-9,13H,5-7H2,1-4H3. The van der Waals surface area contributed by atoms with Crippen LogP contribution in [-0.4, -0.2) is 42.4 Å². The number of methoxy groups -OCH3 is 1. The maximum absolute atomic E-state index is 11.3. The predicted octanol–water partition coefficient (Wildman–Crippen LogP) is 0.846. The largest absolute Gasteiger partial charge is 0.469 e. The Kier molecular flexibility index (Phi) is 3.73. The molecule has 0 aromatic heterocycles. The van der Waals surface area contributed by atoms with Gasteiger partial charge < -0.3 is 9.84 Å². The summed E-state index contributed by atoms with van der Waals surface area (Å²) >= 11 is 0. The van der Waals surface area contributed by atoms with Crippen LogP contribution in [0.3, 0.4) is 0 Å². The van der Waals surface area contributed by atoms with Gasteiger partial charge in [0, 0.05) is 19.5 Å². The predicted molar refractivity (Wildman–Crippen MR) is 57.2 cm³/mol. The first-order valence-corrected chi connectivity index (χ1v) is 5.33. The molecule has 2 atom stereocenters. The Hall–Kier alpha value is -0.610. The van der Waals surface area contributed by atoms with E-state index in [-0.39, 0.29) is 17.3 Å². The Morgan fingerprint density at radius 3 is 2.60 bits per heavy atom. The first kappa shape index (κ1) is 12.5. The van der Waals surface area contributed by atoms with E-state index in [1.807, 2.05) is 4.90 Å². The summed E-state index contributed by atoms with van der Waals surface area (Å²) in [7, 11) is 1.39. The summed E-state index contributed by atoms with van der Waals surface area (Å²) in [5, 5.41) is 9.79. The van der Waals surface area contributed by atoms with Gasteiger partial charge in [-0.05, 0) is 5.41 Å². The zero-order chi connectivity index (χ0) is 11.6. The smallest absolute Gasteiger partial charge is 0.310 e. The Morgan fingerprint density at radius 1 is 1.53 bits per heavy atom. The van der Waals surface area contributed by atoms with Gasteiger partial charge in [-0.2, -0.15) is 0 Å². The number of rotatable bonds is 2. The van der Waals surface area contributed by atoms with Crippen molar-refractivity contribution in [3.63, 3.8) is 0 Å². The van der Waals surface area contributed by atoms with Gasteiger partial charge in [-0.25, -0.2) is 0 Å². The number of hydrogen-bond acceptors (Lipinski definition) is 4. The number of aliphatic hydroxyl groups is 1. The number of ether oxygens (including phenoxy) is 1. The van der Waals surface area contributed by atoms with Crippen LogP contribution in [0, 0.1) is 11.3 Å². The minimum atomic E-state index is -0.506. The molecule has 1 saturated heterocycles. The van der Waals surface area contributed by atoms with Crippen molar-refractivity contribution in [3.8, 4) is 0 Å². The Morgan fingerprint density at radius 2 is 2.13 bits per heavy atom. The highest BCUT2D eigenvalue weighted by atomic mass is 16.5. The molecule has 4 heteroatoms. The molecule has 1 aliphatic rings. The normalized spacial score (nSPS) is 28.1. The van der Waals surface area contributed by atoms with E-state index in [4.69, 9.17) is 0 Å². The van der Waals surface area contributed by atoms with Crippen molar-refractivity contribution in [2.75, 3.05) is 20.2 Å². The van der Waals surface area contributed by atoms with E-state index < -0.39 is 6.23 Å². The molecule has 2 unspecified atom stereocenters. The van der Waals surface area contributed by atoms with Gasteiger partial charge in [0.2, 0.25) is 0 Å². The molecule has 0 aromatic rings. The lowest BCUT2D eigenvalue weighted by atomic mass is 9.96. The van der Waals surface area contributed by atoms with Crippen LogP contribution in [0.4, 0.5) is 0 Å². The summed E-state index contributed by atoms with van der Waals surface area (Å²) in [6.07, 6.45) is -0.0173. The first-order valence-electron chi connectivity index (χ1n) is 5.33. The van der Waals surface area contributed by atoms with Gasteiger partial charge in [0.25, 0.3) is 0 Å². The molecule has 0 spiro atoms. The minimum Gasteiger partial charge on any atom is -0.469 e. The van der Waals surface area contributed by atoms with E-state index in [2.05, 4.69) is 25.5 Å². The molecule has 0 bridgehead atoms. The van der Waals surface area contributed by atoms with Crippen LogP contribution in [0.2, 0.25) is 0 Å². The lowest BCUT2D eigenvalue weighted by molar-refractivity contribution is -0.145. The highest BCUT2D eigenvalue weighted by molar-refractivity contribution is 5.72. The fourth-order valence-electron chi connectivity index (χ4n) is 2.00. The molecule has 1 fully saturated rings. The lowest BCUT2D eigenvalue weighted by Crippen LogP contribution is -2.36. The third-order valence-corrected chi connectivity index (χ3v) is 2.58. The maximum Gasteiger partial charge on any atom is 0.310 e. The molecular formula is C11H21NO3. The Bertz CT molecular complexity index is 234. The zero-order valence-corrected chi connectivity index (χ0v) is 9.99. The Balaban J connectivity index is 2.53. The quantitative estimate of drug-likeness (QED) is 0.694. The molecule has 4 nitrogen and oxygen atoms in total. The third kappa shape index (κ3) is 3.47. The molecule has 1 N–H and O–H groups in total. The molecule has 1 heterocycles. The fraction of sp³-hybridized carbons (Fsp3) is 0.909. The van der Waals surface area contributed by atoms with Crippen molar-refractivity contribution in [3.05, 3.63) is 0 Å². The number of nitrogens with zero attached hydrogens (tertiary/aromatic N) is 1. The van der Waals surface area contributed by atoms with Gasteiger partial charge >= 0.3 is 5.97 Å². The molecular weight excluding hydrogens is 194 g/mol. The molecule has 1 rings (SSSR count). The lowest BCUT2D eigenvalue weighted by Gasteiger charge is -2.28. The second kappa shape index (κ2) is 4.49. The van der Waals surface area contributed by atoms with Crippen LogP contribution >= 0.6 is 0 Å². The average Bonchev–Trinajstić information content (AvgIpc) is 2.44. The minimum absolute atomic E-state index is 0.131. The van der Waals surface area contributed by atoms with Crippen molar-refractivity contribution in [1.29, 1.82) is 0 Å². The van der Waals surface area contributed by atoms with E-state index in [9.17, 15) is 9.90 Å². The van der Waals surface area contributed by atoms with Gasteiger partial charge in [-0.1, -0.05) is 20.8 Å². The number of aliphatic hydroxyl groups excluding tert-OH is 1. The first-order chi connectivity index (χ1) is 6.83. The number of esters is 1. The van der Waals surface area contributed by atoms with E-state index in [1.54, 1.807) is 0 Å². The van der Waals surface area contributed by atoms with Crippen molar-refractivity contribution < 1.29 is 14.6 Å². The average molecular weight is 215 g/mol. The van der Waals surface area contributed by atoms with Crippen LogP contribution in [0.5, 0.6) is 0 Å². The van der Waals surface area contributed by atoms with Gasteiger partial charge in [0.1, 0.15) is 6.23 Å². The summed E-state index contributed by atoms with van der Waals surface area (Å²) < 4.78 is 4.68. The SMILES string of the molecule is COC(=O)C1CC(O)N(CC(C)(C)C)C1. The second-order valence-corrected chi connectivity index (χ2v) is 5.43. The number of carbonyl (C=O) groups excluding carboxylic acids is 1. The maximum atomic E-state index is 11.3. The van der Waals surface area contributed by atoms with Crippen LogP contribution < -0.4 is 0 Å². The molecule has 0 saturated carbocycles. The number of carbonyl (C=O) groups is 1. The highest BCUT2D eigenvalue weighted by Crippen LogP contribution is 2.26. The molecule has 0 aliphatic carbocycles.